The molecule has 4 rings (SSSR count). The average molecular weight is 423 g/mol. The zero-order valence-electron chi connectivity index (χ0n) is 15.6. The Bertz CT molecular complexity index is 1100. The Morgan fingerprint density at radius 2 is 1.97 bits per heavy atom. The molecule has 0 unspecified atom stereocenters. The van der Waals surface area contributed by atoms with E-state index < -0.39 is 0 Å². The Kier molecular flexibility index (Phi) is 5.97. The summed E-state index contributed by atoms with van der Waals surface area (Å²) in [5.41, 5.74) is 2.88. The van der Waals surface area contributed by atoms with Gasteiger partial charge in [0.15, 0.2) is 16.1 Å². The van der Waals surface area contributed by atoms with Crippen LogP contribution in [0.3, 0.4) is 0 Å². The summed E-state index contributed by atoms with van der Waals surface area (Å²) in [7, 11) is 0. The van der Waals surface area contributed by atoms with E-state index in [2.05, 4.69) is 38.5 Å². The van der Waals surface area contributed by atoms with Crippen LogP contribution in [0.5, 0.6) is 0 Å². The van der Waals surface area contributed by atoms with E-state index in [1.807, 2.05) is 46.3 Å². The lowest BCUT2D eigenvalue weighted by Gasteiger charge is -2.13. The van der Waals surface area contributed by atoms with Crippen molar-refractivity contribution in [3.05, 3.63) is 65.8 Å². The van der Waals surface area contributed by atoms with E-state index in [1.54, 1.807) is 12.4 Å². The predicted octanol–water partition coefficient (Wildman–Crippen LogP) is 4.08. The van der Waals surface area contributed by atoms with Gasteiger partial charge in [-0.25, -0.2) is 4.98 Å². The molecule has 4 aromatic rings. The minimum Gasteiger partial charge on any atom is -0.301 e. The van der Waals surface area contributed by atoms with Gasteiger partial charge in [-0.2, -0.15) is 0 Å². The Hall–Kier alpha value is -3.04. The van der Waals surface area contributed by atoms with Gasteiger partial charge in [0, 0.05) is 17.8 Å². The number of pyridine rings is 1. The number of nitrogens with one attached hydrogen (secondary N) is 1. The quantitative estimate of drug-likeness (QED) is 0.452. The molecule has 1 amide bonds. The van der Waals surface area contributed by atoms with Crippen molar-refractivity contribution in [2.45, 2.75) is 18.5 Å². The summed E-state index contributed by atoms with van der Waals surface area (Å²) >= 11 is 2.72. The van der Waals surface area contributed by atoms with Crippen LogP contribution >= 0.6 is 23.1 Å². The fraction of sp³-hybridized carbons (Fsp3) is 0.150. The second-order valence-electron chi connectivity index (χ2n) is 6.01. The zero-order chi connectivity index (χ0) is 20.1. The second kappa shape index (κ2) is 8.97. The highest BCUT2D eigenvalue weighted by Gasteiger charge is 2.19. The fourth-order valence-corrected chi connectivity index (χ4v) is 4.13. The molecule has 0 aliphatic rings. The largest absolute Gasteiger partial charge is 0.301 e. The summed E-state index contributed by atoms with van der Waals surface area (Å²) < 4.78 is 1.97. The lowest BCUT2D eigenvalue weighted by atomic mass is 10.1. The maximum atomic E-state index is 12.3. The summed E-state index contributed by atoms with van der Waals surface area (Å²) in [6.45, 7) is 2.11. The summed E-state index contributed by atoms with van der Waals surface area (Å²) in [4.78, 5) is 20.8. The highest BCUT2D eigenvalue weighted by molar-refractivity contribution is 7.99. The number of benzene rings is 1. The third kappa shape index (κ3) is 4.36. The number of para-hydroxylation sites is 1. The molecule has 0 saturated heterocycles. The molecule has 7 nitrogen and oxygen atoms in total. The van der Waals surface area contributed by atoms with Gasteiger partial charge >= 0.3 is 0 Å². The number of aromatic nitrogens is 5. The van der Waals surface area contributed by atoms with E-state index in [-0.39, 0.29) is 11.7 Å². The third-order valence-corrected chi connectivity index (χ3v) is 5.77. The molecule has 0 aliphatic carbocycles. The van der Waals surface area contributed by atoms with Crippen molar-refractivity contribution in [2.75, 3.05) is 11.1 Å². The molecular formula is C20H18N6OS2. The topological polar surface area (TPSA) is 85.6 Å². The van der Waals surface area contributed by atoms with Crippen molar-refractivity contribution < 1.29 is 4.79 Å². The number of carbonyl (C=O) groups is 1. The van der Waals surface area contributed by atoms with E-state index in [1.165, 1.54) is 28.7 Å². The van der Waals surface area contributed by atoms with E-state index in [0.29, 0.717) is 16.1 Å². The van der Waals surface area contributed by atoms with Crippen molar-refractivity contribution in [2.24, 2.45) is 0 Å². The van der Waals surface area contributed by atoms with Gasteiger partial charge < -0.3 is 5.32 Å². The van der Waals surface area contributed by atoms with Gasteiger partial charge in [0.2, 0.25) is 5.91 Å². The monoisotopic (exact) mass is 422 g/mol. The van der Waals surface area contributed by atoms with Crippen LogP contribution in [0.25, 0.3) is 17.2 Å². The molecule has 3 aromatic heterocycles. The van der Waals surface area contributed by atoms with Crippen molar-refractivity contribution in [1.29, 1.82) is 0 Å². The van der Waals surface area contributed by atoms with Crippen LogP contribution in [0, 0.1) is 0 Å². The molecule has 9 heteroatoms. The molecule has 0 saturated carbocycles. The maximum Gasteiger partial charge on any atom is 0.236 e. The molecule has 146 valence electrons. The van der Waals surface area contributed by atoms with Crippen molar-refractivity contribution >= 4 is 34.1 Å². The molecule has 1 aromatic carbocycles. The van der Waals surface area contributed by atoms with Gasteiger partial charge in [-0.15, -0.1) is 21.5 Å². The summed E-state index contributed by atoms with van der Waals surface area (Å²) in [5, 5.41) is 14.6. The van der Waals surface area contributed by atoms with Gasteiger partial charge in [-0.05, 0) is 30.2 Å². The number of hydrogen-bond donors (Lipinski definition) is 1. The molecule has 1 N–H and O–H groups in total. The van der Waals surface area contributed by atoms with E-state index in [0.717, 1.165) is 17.8 Å². The number of nitrogens with zero attached hydrogens (tertiary/aromatic N) is 5. The molecular weight excluding hydrogens is 404 g/mol. The standard InChI is InChI=1S/C20H18N6OS2/c1-2-14-7-3-4-9-16(14)26-18(15-8-5-6-10-21-15)24-25-20(26)29-13-17(27)23-19-22-11-12-28-19/h3-12H,2,13H2,1H3,(H,22,23,27). The first-order valence-corrected chi connectivity index (χ1v) is 10.9. The summed E-state index contributed by atoms with van der Waals surface area (Å²) in [5.74, 6) is 0.714. The van der Waals surface area contributed by atoms with Crippen molar-refractivity contribution in [1.82, 2.24) is 24.7 Å². The molecule has 29 heavy (non-hydrogen) atoms. The van der Waals surface area contributed by atoms with Gasteiger partial charge in [0.1, 0.15) is 5.69 Å². The lowest BCUT2D eigenvalue weighted by molar-refractivity contribution is -0.113. The van der Waals surface area contributed by atoms with Crippen LogP contribution in [0.4, 0.5) is 5.13 Å². The van der Waals surface area contributed by atoms with Crippen LogP contribution < -0.4 is 5.32 Å². The highest BCUT2D eigenvalue weighted by atomic mass is 32.2. The van der Waals surface area contributed by atoms with Crippen LogP contribution in [0.1, 0.15) is 12.5 Å². The molecule has 0 spiro atoms. The molecule has 0 bridgehead atoms. The Balaban J connectivity index is 1.67. The van der Waals surface area contributed by atoms with Gasteiger partial charge in [-0.3, -0.25) is 14.3 Å². The normalized spacial score (nSPS) is 10.8. The fourth-order valence-electron chi connectivity index (χ4n) is 2.84. The molecule has 0 radical (unpaired) electrons. The van der Waals surface area contributed by atoms with Crippen LogP contribution in [-0.2, 0) is 11.2 Å². The van der Waals surface area contributed by atoms with Crippen LogP contribution in [0.2, 0.25) is 0 Å². The Morgan fingerprint density at radius 1 is 1.10 bits per heavy atom. The Labute approximate surface area is 176 Å². The third-order valence-electron chi connectivity index (χ3n) is 4.15. The van der Waals surface area contributed by atoms with Crippen LogP contribution in [-0.4, -0.2) is 36.4 Å². The Morgan fingerprint density at radius 3 is 2.72 bits per heavy atom. The average Bonchev–Trinajstić information content (AvgIpc) is 3.42. The number of hydrogen-bond acceptors (Lipinski definition) is 7. The number of anilines is 1. The summed E-state index contributed by atoms with van der Waals surface area (Å²) in [6, 6.07) is 13.8. The number of aryl methyl sites for hydroxylation is 1. The first-order valence-electron chi connectivity index (χ1n) is 9.03. The number of carbonyl (C=O) groups excluding carboxylic acids is 1. The highest BCUT2D eigenvalue weighted by Crippen LogP contribution is 2.29. The molecule has 3 heterocycles. The molecule has 0 aliphatic heterocycles. The van der Waals surface area contributed by atoms with E-state index in [4.69, 9.17) is 0 Å². The predicted molar refractivity (Wildman–Crippen MR) is 115 cm³/mol. The first kappa shape index (κ1) is 19.3. The second-order valence-corrected chi connectivity index (χ2v) is 7.85. The van der Waals surface area contributed by atoms with Crippen LogP contribution in [0.15, 0.2) is 65.4 Å². The molecule has 0 fully saturated rings. The number of thioether (sulfide) groups is 1. The lowest BCUT2D eigenvalue weighted by Crippen LogP contribution is -2.14. The number of amides is 1. The summed E-state index contributed by atoms with van der Waals surface area (Å²) in [6.07, 6.45) is 4.25. The molecule has 0 atom stereocenters. The SMILES string of the molecule is CCc1ccccc1-n1c(SCC(=O)Nc2nccs2)nnc1-c1ccccn1. The number of thiazole rings is 1. The minimum atomic E-state index is -0.136. The van der Waals surface area contributed by atoms with Crippen molar-refractivity contribution in [3.8, 4) is 17.2 Å². The van der Waals surface area contributed by atoms with Gasteiger partial charge in [0.25, 0.3) is 0 Å². The first-order chi connectivity index (χ1) is 14.3. The smallest absolute Gasteiger partial charge is 0.236 e. The van der Waals surface area contributed by atoms with Crippen molar-refractivity contribution in [3.63, 3.8) is 0 Å². The van der Waals surface area contributed by atoms with E-state index in [9.17, 15) is 4.79 Å². The van der Waals surface area contributed by atoms with E-state index >= 15 is 0 Å². The number of rotatable bonds is 7. The zero-order valence-corrected chi connectivity index (χ0v) is 17.3. The van der Waals surface area contributed by atoms with Gasteiger partial charge in [0.05, 0.1) is 11.4 Å². The minimum absolute atomic E-state index is 0.136. The maximum absolute atomic E-state index is 12.3. The van der Waals surface area contributed by atoms with Gasteiger partial charge in [-0.1, -0.05) is 43.0 Å².